The number of non-ortho nitro benzene ring substituents is 2. The fourth-order valence-electron chi connectivity index (χ4n) is 2.68. The highest BCUT2D eigenvalue weighted by Gasteiger charge is 2.21. The summed E-state index contributed by atoms with van der Waals surface area (Å²) in [7, 11) is 0. The Morgan fingerprint density at radius 1 is 0.806 bits per heavy atom. The van der Waals surface area contributed by atoms with Crippen molar-refractivity contribution in [1.82, 2.24) is 0 Å². The summed E-state index contributed by atoms with van der Waals surface area (Å²) < 4.78 is 0. The van der Waals surface area contributed by atoms with E-state index in [1.807, 2.05) is 0 Å². The van der Waals surface area contributed by atoms with E-state index < -0.39 is 26.1 Å². The zero-order chi connectivity index (χ0) is 22.5. The summed E-state index contributed by atoms with van der Waals surface area (Å²) in [4.78, 5) is 31.3. The first-order chi connectivity index (χ1) is 14.8. The normalized spacial score (nSPS) is 11.1. The Morgan fingerprint density at radius 2 is 1.42 bits per heavy atom. The topological polar surface area (TPSA) is 154 Å². The molecule has 1 N–H and O–H groups in total. The van der Waals surface area contributed by atoms with Crippen LogP contribution in [0.5, 0.6) is 0 Å². The summed E-state index contributed by atoms with van der Waals surface area (Å²) in [6.07, 6.45) is 0. The van der Waals surface area contributed by atoms with E-state index in [1.165, 1.54) is 18.2 Å². The van der Waals surface area contributed by atoms with E-state index >= 15 is 0 Å². The predicted octanol–water partition coefficient (Wildman–Crippen LogP) is 4.93. The molecule has 0 heterocycles. The molecule has 12 heteroatoms. The van der Waals surface area contributed by atoms with Gasteiger partial charge in [-0.25, -0.2) is 0 Å². The number of rotatable bonds is 7. The predicted molar refractivity (Wildman–Crippen MR) is 114 cm³/mol. The highest BCUT2D eigenvalue weighted by molar-refractivity contribution is 6.35. The summed E-state index contributed by atoms with van der Waals surface area (Å²) >= 11 is 6.25. The fourth-order valence-corrected chi connectivity index (χ4v) is 2.89. The highest BCUT2D eigenvalue weighted by Crippen LogP contribution is 2.30. The van der Waals surface area contributed by atoms with Crippen LogP contribution in [-0.4, -0.2) is 20.5 Å². The minimum absolute atomic E-state index is 0.106. The highest BCUT2D eigenvalue weighted by atomic mass is 35.5. The van der Waals surface area contributed by atoms with Crippen molar-refractivity contribution in [1.29, 1.82) is 0 Å². The largest absolute Gasteiger partial charge is 0.301 e. The van der Waals surface area contributed by atoms with Gasteiger partial charge in [0.05, 0.1) is 31.6 Å². The number of halogens is 1. The SMILES string of the molecule is O=[N+]([O-])c1ccc(Cl)c(C(=NNc2ccc([N+](=O)[O-])cc2[N+](=O)[O-])c2ccccc2)c1. The average Bonchev–Trinajstić information content (AvgIpc) is 2.75. The molecule has 31 heavy (non-hydrogen) atoms. The molecule has 11 nitrogen and oxygen atoms in total. The van der Waals surface area contributed by atoms with E-state index in [-0.39, 0.29) is 27.7 Å². The Labute approximate surface area is 179 Å². The van der Waals surface area contributed by atoms with Crippen LogP contribution in [0.2, 0.25) is 5.02 Å². The van der Waals surface area contributed by atoms with Gasteiger partial charge in [-0.3, -0.25) is 35.8 Å². The van der Waals surface area contributed by atoms with Crippen LogP contribution in [-0.2, 0) is 0 Å². The first kappa shape index (κ1) is 21.3. The monoisotopic (exact) mass is 441 g/mol. The van der Waals surface area contributed by atoms with Crippen molar-refractivity contribution < 1.29 is 14.8 Å². The third kappa shape index (κ3) is 4.79. The number of nitro groups is 3. The van der Waals surface area contributed by atoms with Crippen molar-refractivity contribution in [3.63, 3.8) is 0 Å². The molecule has 0 radical (unpaired) electrons. The number of hydrazone groups is 1. The first-order valence-electron chi connectivity index (χ1n) is 8.54. The van der Waals surface area contributed by atoms with Gasteiger partial charge in [-0.05, 0) is 12.1 Å². The molecule has 0 aliphatic rings. The molecule has 3 aromatic rings. The van der Waals surface area contributed by atoms with Crippen LogP contribution in [0.4, 0.5) is 22.7 Å². The molecule has 0 spiro atoms. The third-order valence-electron chi connectivity index (χ3n) is 4.14. The van der Waals surface area contributed by atoms with Crippen LogP contribution in [0.15, 0.2) is 71.8 Å². The summed E-state index contributed by atoms with van der Waals surface area (Å²) in [6.45, 7) is 0. The van der Waals surface area contributed by atoms with Gasteiger partial charge < -0.3 is 0 Å². The number of anilines is 1. The van der Waals surface area contributed by atoms with E-state index in [1.54, 1.807) is 30.3 Å². The van der Waals surface area contributed by atoms with E-state index in [2.05, 4.69) is 10.5 Å². The Bertz CT molecular complexity index is 1220. The lowest BCUT2D eigenvalue weighted by atomic mass is 10.0. The summed E-state index contributed by atoms with van der Waals surface area (Å²) in [5.74, 6) is 0. The van der Waals surface area contributed by atoms with Gasteiger partial charge in [-0.15, -0.1) is 0 Å². The van der Waals surface area contributed by atoms with E-state index in [0.29, 0.717) is 5.56 Å². The van der Waals surface area contributed by atoms with Crippen molar-refractivity contribution in [2.75, 3.05) is 5.43 Å². The minimum atomic E-state index is -0.784. The van der Waals surface area contributed by atoms with Crippen molar-refractivity contribution in [2.24, 2.45) is 5.10 Å². The number of nitro benzene ring substituents is 3. The van der Waals surface area contributed by atoms with Crippen LogP contribution in [0.25, 0.3) is 0 Å². The summed E-state index contributed by atoms with van der Waals surface area (Å²) in [6, 6.07) is 15.4. The molecular weight excluding hydrogens is 430 g/mol. The molecule has 0 aliphatic heterocycles. The Balaban J connectivity index is 2.13. The number of nitrogens with zero attached hydrogens (tertiary/aromatic N) is 4. The molecule has 156 valence electrons. The molecule has 0 saturated carbocycles. The molecule has 0 fully saturated rings. The zero-order valence-electron chi connectivity index (χ0n) is 15.5. The van der Waals surface area contributed by atoms with Crippen molar-refractivity contribution >= 4 is 40.1 Å². The number of benzene rings is 3. The minimum Gasteiger partial charge on any atom is -0.271 e. The molecule has 0 aromatic heterocycles. The van der Waals surface area contributed by atoms with Crippen LogP contribution >= 0.6 is 11.6 Å². The van der Waals surface area contributed by atoms with Gasteiger partial charge in [0.25, 0.3) is 11.4 Å². The average molecular weight is 442 g/mol. The van der Waals surface area contributed by atoms with E-state index in [9.17, 15) is 30.3 Å². The second-order valence-electron chi connectivity index (χ2n) is 6.08. The fraction of sp³-hybridized carbons (Fsp3) is 0. The smallest absolute Gasteiger partial charge is 0.271 e. The standard InChI is InChI=1S/C19H12ClN5O6/c20-16-8-6-13(23(26)27)10-15(16)19(12-4-2-1-3-5-12)22-21-17-9-7-14(24(28)29)11-18(17)25(30)31/h1-11,21H. The maximum Gasteiger partial charge on any atom is 0.301 e. The lowest BCUT2D eigenvalue weighted by Gasteiger charge is -2.10. The Kier molecular flexibility index (Phi) is 6.17. The van der Waals surface area contributed by atoms with Crippen molar-refractivity contribution in [2.45, 2.75) is 0 Å². The number of nitrogens with one attached hydrogen (secondary N) is 1. The molecule has 0 bridgehead atoms. The van der Waals surface area contributed by atoms with Gasteiger partial charge in [0.15, 0.2) is 0 Å². The Hall–Kier alpha value is -4.38. The molecule has 3 aromatic carbocycles. The maximum atomic E-state index is 11.4. The molecule has 0 amide bonds. The van der Waals surface area contributed by atoms with Crippen LogP contribution in [0.1, 0.15) is 11.1 Å². The van der Waals surface area contributed by atoms with Gasteiger partial charge in [0.2, 0.25) is 0 Å². The van der Waals surface area contributed by atoms with Crippen LogP contribution < -0.4 is 5.43 Å². The first-order valence-corrected chi connectivity index (χ1v) is 8.92. The molecule has 0 aliphatic carbocycles. The van der Waals surface area contributed by atoms with Gasteiger partial charge in [-0.1, -0.05) is 41.9 Å². The molecular formula is C19H12ClN5O6. The lowest BCUT2D eigenvalue weighted by molar-refractivity contribution is -0.393. The van der Waals surface area contributed by atoms with Crippen molar-refractivity contribution in [3.05, 3.63) is 113 Å². The number of hydrogen-bond donors (Lipinski definition) is 1. The second kappa shape index (κ2) is 8.97. The van der Waals surface area contributed by atoms with Gasteiger partial charge in [-0.2, -0.15) is 5.10 Å². The third-order valence-corrected chi connectivity index (χ3v) is 4.47. The quantitative estimate of drug-likeness (QED) is 0.309. The van der Waals surface area contributed by atoms with E-state index in [0.717, 1.165) is 18.2 Å². The molecule has 0 unspecified atom stereocenters. The number of hydrogen-bond acceptors (Lipinski definition) is 8. The summed E-state index contributed by atoms with van der Waals surface area (Å²) in [5, 5.41) is 37.8. The molecule has 3 rings (SSSR count). The lowest BCUT2D eigenvalue weighted by Crippen LogP contribution is -2.09. The van der Waals surface area contributed by atoms with Gasteiger partial charge in [0.1, 0.15) is 5.69 Å². The Morgan fingerprint density at radius 3 is 2.03 bits per heavy atom. The maximum absolute atomic E-state index is 11.4. The molecule has 0 atom stereocenters. The van der Waals surface area contributed by atoms with Crippen LogP contribution in [0.3, 0.4) is 0 Å². The molecule has 0 saturated heterocycles. The zero-order valence-corrected chi connectivity index (χ0v) is 16.2. The van der Waals surface area contributed by atoms with Crippen molar-refractivity contribution in [3.8, 4) is 0 Å². The second-order valence-corrected chi connectivity index (χ2v) is 6.48. The van der Waals surface area contributed by atoms with Gasteiger partial charge in [0, 0.05) is 29.3 Å². The van der Waals surface area contributed by atoms with Crippen LogP contribution in [0, 0.1) is 30.3 Å². The van der Waals surface area contributed by atoms with Gasteiger partial charge >= 0.3 is 5.69 Å². The van der Waals surface area contributed by atoms with E-state index in [4.69, 9.17) is 11.6 Å². The summed E-state index contributed by atoms with van der Waals surface area (Å²) in [5.41, 5.74) is 2.13.